The molecule has 0 radical (unpaired) electrons. The number of amides is 1. The molecule has 2 N–H and O–H groups in total. The first-order valence-electron chi connectivity index (χ1n) is 8.79. The molecule has 1 amide bonds. The van der Waals surface area contributed by atoms with Gasteiger partial charge in [-0.25, -0.2) is 4.39 Å². The summed E-state index contributed by atoms with van der Waals surface area (Å²) in [6.45, 7) is 5.43. The third-order valence-electron chi connectivity index (χ3n) is 4.55. The fourth-order valence-corrected chi connectivity index (χ4v) is 3.21. The van der Waals surface area contributed by atoms with Gasteiger partial charge in [0.15, 0.2) is 0 Å². The van der Waals surface area contributed by atoms with Crippen molar-refractivity contribution in [3.8, 4) is 5.75 Å². The highest BCUT2D eigenvalue weighted by Crippen LogP contribution is 2.38. The van der Waals surface area contributed by atoms with Crippen LogP contribution in [0.1, 0.15) is 42.3 Å². The molecule has 0 spiro atoms. The molecule has 1 unspecified atom stereocenters. The van der Waals surface area contributed by atoms with E-state index in [9.17, 15) is 14.0 Å². The second-order valence-electron chi connectivity index (χ2n) is 7.57. The maximum Gasteiger partial charge on any atom is 0.306 e. The van der Waals surface area contributed by atoms with Gasteiger partial charge in [0, 0.05) is 17.7 Å². The summed E-state index contributed by atoms with van der Waals surface area (Å²) in [5.74, 6) is -1.84. The molecule has 142 valence electrons. The number of carbonyl (C=O) groups excluding carboxylic acids is 1. The molecule has 27 heavy (non-hydrogen) atoms. The SMILES string of the molecule is CC(Cc1ccc(NC(=O)c2cc(F)cc3c2OC(C)(C)C3)cc1)C(=O)O. The molecule has 6 heteroatoms. The molecular weight excluding hydrogens is 349 g/mol. The molecule has 0 bridgehead atoms. The lowest BCUT2D eigenvalue weighted by molar-refractivity contribution is -0.141. The Morgan fingerprint density at radius 1 is 1.26 bits per heavy atom. The van der Waals surface area contributed by atoms with Crippen molar-refractivity contribution < 1.29 is 23.8 Å². The molecule has 1 heterocycles. The summed E-state index contributed by atoms with van der Waals surface area (Å²) in [4.78, 5) is 23.6. The summed E-state index contributed by atoms with van der Waals surface area (Å²) in [5, 5.41) is 11.7. The first kappa shape index (κ1) is 18.9. The van der Waals surface area contributed by atoms with Gasteiger partial charge in [0.25, 0.3) is 5.91 Å². The summed E-state index contributed by atoms with van der Waals surface area (Å²) >= 11 is 0. The van der Waals surface area contributed by atoms with Crippen LogP contribution in [0, 0.1) is 11.7 Å². The third kappa shape index (κ3) is 4.27. The van der Waals surface area contributed by atoms with Crippen molar-refractivity contribution in [3.05, 3.63) is 58.9 Å². The fraction of sp³-hybridized carbons (Fsp3) is 0.333. The van der Waals surface area contributed by atoms with Gasteiger partial charge in [0.05, 0.1) is 11.5 Å². The Hall–Kier alpha value is -2.89. The summed E-state index contributed by atoms with van der Waals surface area (Å²) < 4.78 is 19.8. The van der Waals surface area contributed by atoms with E-state index in [0.717, 1.165) is 5.56 Å². The number of nitrogens with one attached hydrogen (secondary N) is 1. The number of anilines is 1. The van der Waals surface area contributed by atoms with Crippen LogP contribution in [-0.2, 0) is 17.6 Å². The quantitative estimate of drug-likeness (QED) is 0.831. The topological polar surface area (TPSA) is 75.6 Å². The smallest absolute Gasteiger partial charge is 0.306 e. The van der Waals surface area contributed by atoms with Crippen LogP contribution in [0.15, 0.2) is 36.4 Å². The van der Waals surface area contributed by atoms with Crippen LogP contribution in [0.2, 0.25) is 0 Å². The van der Waals surface area contributed by atoms with Crippen molar-refractivity contribution in [2.24, 2.45) is 5.92 Å². The molecule has 2 aromatic carbocycles. The first-order valence-corrected chi connectivity index (χ1v) is 8.79. The number of hydrogen-bond donors (Lipinski definition) is 2. The van der Waals surface area contributed by atoms with E-state index < -0.39 is 29.2 Å². The molecule has 0 saturated heterocycles. The molecule has 0 fully saturated rings. The van der Waals surface area contributed by atoms with Crippen molar-refractivity contribution in [2.75, 3.05) is 5.32 Å². The van der Waals surface area contributed by atoms with E-state index >= 15 is 0 Å². The van der Waals surface area contributed by atoms with Gasteiger partial charge in [-0.05, 0) is 50.1 Å². The highest BCUT2D eigenvalue weighted by atomic mass is 19.1. The van der Waals surface area contributed by atoms with E-state index in [0.29, 0.717) is 29.8 Å². The monoisotopic (exact) mass is 371 g/mol. The van der Waals surface area contributed by atoms with Gasteiger partial charge in [0.1, 0.15) is 17.2 Å². The second-order valence-corrected chi connectivity index (χ2v) is 7.57. The molecule has 1 aliphatic heterocycles. The number of benzene rings is 2. The molecule has 1 atom stereocenters. The lowest BCUT2D eigenvalue weighted by atomic mass is 10.00. The Kier molecular flexibility index (Phi) is 4.91. The lowest BCUT2D eigenvalue weighted by Crippen LogP contribution is -2.25. The Morgan fingerprint density at radius 3 is 2.56 bits per heavy atom. The maximum absolute atomic E-state index is 13.9. The first-order chi connectivity index (χ1) is 12.6. The minimum Gasteiger partial charge on any atom is -0.486 e. The summed E-state index contributed by atoms with van der Waals surface area (Å²) in [5.41, 5.74) is 1.78. The molecule has 0 aliphatic carbocycles. The van der Waals surface area contributed by atoms with Gasteiger partial charge in [-0.2, -0.15) is 0 Å². The third-order valence-corrected chi connectivity index (χ3v) is 4.55. The number of aliphatic carboxylic acids is 1. The molecular formula is C21H22FNO4. The zero-order valence-electron chi connectivity index (χ0n) is 15.5. The highest BCUT2D eigenvalue weighted by Gasteiger charge is 2.34. The van der Waals surface area contributed by atoms with E-state index in [1.807, 2.05) is 13.8 Å². The molecule has 0 saturated carbocycles. The van der Waals surface area contributed by atoms with E-state index in [1.54, 1.807) is 31.2 Å². The van der Waals surface area contributed by atoms with Gasteiger partial charge in [-0.15, -0.1) is 0 Å². The van der Waals surface area contributed by atoms with Crippen molar-refractivity contribution in [1.29, 1.82) is 0 Å². The van der Waals surface area contributed by atoms with Gasteiger partial charge in [-0.3, -0.25) is 9.59 Å². The average molecular weight is 371 g/mol. The van der Waals surface area contributed by atoms with Crippen molar-refractivity contribution in [2.45, 2.75) is 39.2 Å². The van der Waals surface area contributed by atoms with E-state index in [2.05, 4.69) is 5.32 Å². The van der Waals surface area contributed by atoms with Crippen molar-refractivity contribution in [1.82, 2.24) is 0 Å². The lowest BCUT2D eigenvalue weighted by Gasteiger charge is -2.18. The Morgan fingerprint density at radius 2 is 1.93 bits per heavy atom. The number of carbonyl (C=O) groups is 2. The Bertz CT molecular complexity index is 890. The van der Waals surface area contributed by atoms with E-state index in [-0.39, 0.29) is 5.56 Å². The number of rotatable bonds is 5. The number of ether oxygens (including phenoxy) is 1. The number of carboxylic acids is 1. The fourth-order valence-electron chi connectivity index (χ4n) is 3.21. The van der Waals surface area contributed by atoms with Crippen LogP contribution in [0.5, 0.6) is 5.75 Å². The summed E-state index contributed by atoms with van der Waals surface area (Å²) in [6.07, 6.45) is 0.945. The number of hydrogen-bond acceptors (Lipinski definition) is 3. The summed E-state index contributed by atoms with van der Waals surface area (Å²) in [6, 6.07) is 9.52. The average Bonchev–Trinajstić information content (AvgIpc) is 2.89. The van der Waals surface area contributed by atoms with Crippen LogP contribution in [-0.4, -0.2) is 22.6 Å². The van der Waals surface area contributed by atoms with Crippen LogP contribution in [0.3, 0.4) is 0 Å². The van der Waals surface area contributed by atoms with Gasteiger partial charge in [0.2, 0.25) is 0 Å². The summed E-state index contributed by atoms with van der Waals surface area (Å²) in [7, 11) is 0. The molecule has 2 aromatic rings. The minimum atomic E-state index is -0.852. The standard InChI is InChI=1S/C21H22FNO4/c1-12(20(25)26)8-13-4-6-16(7-5-13)23-19(24)17-10-15(22)9-14-11-21(2,3)27-18(14)17/h4-7,9-10,12H,8,11H2,1-3H3,(H,23,24)(H,25,26). The van der Waals surface area contributed by atoms with E-state index in [4.69, 9.17) is 9.84 Å². The molecule has 0 aromatic heterocycles. The molecule has 3 rings (SSSR count). The van der Waals surface area contributed by atoms with Gasteiger partial charge >= 0.3 is 5.97 Å². The highest BCUT2D eigenvalue weighted by molar-refractivity contribution is 6.06. The second kappa shape index (κ2) is 7.02. The largest absolute Gasteiger partial charge is 0.486 e. The minimum absolute atomic E-state index is 0.166. The van der Waals surface area contributed by atoms with Crippen LogP contribution in [0.25, 0.3) is 0 Å². The maximum atomic E-state index is 13.9. The Labute approximate surface area is 157 Å². The number of carboxylic acid groups (broad SMARTS) is 1. The number of fused-ring (bicyclic) bond motifs is 1. The van der Waals surface area contributed by atoms with Crippen LogP contribution < -0.4 is 10.1 Å². The van der Waals surface area contributed by atoms with Gasteiger partial charge in [-0.1, -0.05) is 19.1 Å². The van der Waals surface area contributed by atoms with Crippen LogP contribution in [0.4, 0.5) is 10.1 Å². The van der Waals surface area contributed by atoms with Crippen LogP contribution >= 0.6 is 0 Å². The molecule has 5 nitrogen and oxygen atoms in total. The van der Waals surface area contributed by atoms with Gasteiger partial charge < -0.3 is 15.2 Å². The molecule has 1 aliphatic rings. The van der Waals surface area contributed by atoms with Crippen molar-refractivity contribution >= 4 is 17.6 Å². The number of halogens is 1. The van der Waals surface area contributed by atoms with Crippen molar-refractivity contribution in [3.63, 3.8) is 0 Å². The predicted molar refractivity (Wildman–Crippen MR) is 99.7 cm³/mol. The predicted octanol–water partition coefficient (Wildman–Crippen LogP) is 4.05. The normalized spacial score (nSPS) is 15.6. The zero-order valence-corrected chi connectivity index (χ0v) is 15.5. The Balaban J connectivity index is 1.76. The van der Waals surface area contributed by atoms with E-state index in [1.165, 1.54) is 12.1 Å². The zero-order chi connectivity index (χ0) is 19.8.